The van der Waals surface area contributed by atoms with Crippen LogP contribution in [0.25, 0.3) is 0 Å². The summed E-state index contributed by atoms with van der Waals surface area (Å²) in [6, 6.07) is 0. The molecule has 1 rings (SSSR count). The Hall–Kier alpha value is -1.03. The highest BCUT2D eigenvalue weighted by Crippen LogP contribution is 2.31. The maximum atomic E-state index is 11.2. The summed E-state index contributed by atoms with van der Waals surface area (Å²) >= 11 is 0. The van der Waals surface area contributed by atoms with Crippen molar-refractivity contribution in [3.63, 3.8) is 0 Å². The van der Waals surface area contributed by atoms with Gasteiger partial charge in [-0.3, -0.25) is 0 Å². The van der Waals surface area contributed by atoms with Crippen LogP contribution in [-0.4, -0.2) is 32.4 Å². The number of rotatable bonds is 6. The lowest BCUT2D eigenvalue weighted by molar-refractivity contribution is -0.155. The maximum Gasteiger partial charge on any atom is 0.372 e. The zero-order valence-corrected chi connectivity index (χ0v) is 9.38. The summed E-state index contributed by atoms with van der Waals surface area (Å²) < 4.78 is 15.2. The van der Waals surface area contributed by atoms with Crippen molar-refractivity contribution in [3.05, 3.63) is 12.3 Å². The van der Waals surface area contributed by atoms with E-state index >= 15 is 0 Å². The van der Waals surface area contributed by atoms with Crippen LogP contribution in [0.2, 0.25) is 0 Å². The van der Waals surface area contributed by atoms with Gasteiger partial charge in [0.25, 0.3) is 0 Å². The van der Waals surface area contributed by atoms with E-state index in [1.54, 1.807) is 6.92 Å². The van der Waals surface area contributed by atoms with Gasteiger partial charge >= 0.3 is 5.97 Å². The summed E-state index contributed by atoms with van der Waals surface area (Å²) in [4.78, 5) is 11.2. The molecule has 4 nitrogen and oxygen atoms in total. The third-order valence-electron chi connectivity index (χ3n) is 2.62. The summed E-state index contributed by atoms with van der Waals surface area (Å²) in [5.74, 6) is -0.402. The molecule has 4 heteroatoms. The molecule has 0 amide bonds. The highest BCUT2D eigenvalue weighted by Gasteiger charge is 2.38. The zero-order valence-electron chi connectivity index (χ0n) is 9.38. The Morgan fingerprint density at radius 1 is 1.40 bits per heavy atom. The molecule has 0 unspecified atom stereocenters. The smallest absolute Gasteiger partial charge is 0.372 e. The van der Waals surface area contributed by atoms with Gasteiger partial charge in [0, 0.05) is 0 Å². The van der Waals surface area contributed by atoms with Crippen LogP contribution in [0.1, 0.15) is 20.3 Å². The van der Waals surface area contributed by atoms with Gasteiger partial charge in [0.05, 0.1) is 31.8 Å². The Balaban J connectivity index is 2.30. The van der Waals surface area contributed by atoms with Crippen LogP contribution in [-0.2, 0) is 19.0 Å². The second-order valence-corrected chi connectivity index (χ2v) is 3.78. The van der Waals surface area contributed by atoms with Gasteiger partial charge in [0.1, 0.15) is 0 Å². The minimum atomic E-state index is -0.482. The van der Waals surface area contributed by atoms with Crippen LogP contribution in [0.15, 0.2) is 12.3 Å². The standard InChI is InChI=1S/C11H18O4/c1-4-11(6-13-7-11)8-15-9(3)10(12)14-5-2/h3-8H2,1-2H3. The molecule has 0 spiro atoms. The van der Waals surface area contributed by atoms with Crippen LogP contribution >= 0.6 is 0 Å². The SMILES string of the molecule is C=C(OCC1(CC)COC1)C(=O)OCC. The van der Waals surface area contributed by atoms with E-state index < -0.39 is 5.97 Å². The molecule has 0 aromatic carbocycles. The lowest BCUT2D eigenvalue weighted by Gasteiger charge is -2.40. The lowest BCUT2D eigenvalue weighted by Crippen LogP contribution is -2.45. The topological polar surface area (TPSA) is 44.8 Å². The molecule has 0 N–H and O–H groups in total. The number of esters is 1. The first-order valence-corrected chi connectivity index (χ1v) is 5.20. The Morgan fingerprint density at radius 3 is 2.47 bits per heavy atom. The average molecular weight is 214 g/mol. The molecular formula is C11H18O4. The molecule has 0 bridgehead atoms. The average Bonchev–Trinajstić information content (AvgIpc) is 2.17. The summed E-state index contributed by atoms with van der Waals surface area (Å²) in [6.45, 7) is 9.56. The molecule has 1 saturated heterocycles. The monoisotopic (exact) mass is 214 g/mol. The molecule has 86 valence electrons. The van der Waals surface area contributed by atoms with Crippen molar-refractivity contribution >= 4 is 5.97 Å². The number of hydrogen-bond donors (Lipinski definition) is 0. The molecule has 15 heavy (non-hydrogen) atoms. The molecule has 1 heterocycles. The van der Waals surface area contributed by atoms with Crippen molar-refractivity contribution in [2.45, 2.75) is 20.3 Å². The zero-order chi connectivity index (χ0) is 11.3. The minimum Gasteiger partial charge on any atom is -0.486 e. The van der Waals surface area contributed by atoms with Crippen LogP contribution in [0.3, 0.4) is 0 Å². The first kappa shape index (κ1) is 12.0. The van der Waals surface area contributed by atoms with E-state index in [0.717, 1.165) is 6.42 Å². The van der Waals surface area contributed by atoms with E-state index in [-0.39, 0.29) is 11.2 Å². The van der Waals surface area contributed by atoms with E-state index in [4.69, 9.17) is 14.2 Å². The highest BCUT2D eigenvalue weighted by atomic mass is 16.6. The quantitative estimate of drug-likeness (QED) is 0.382. The van der Waals surface area contributed by atoms with E-state index in [2.05, 4.69) is 13.5 Å². The Morgan fingerprint density at radius 2 is 2.07 bits per heavy atom. The Labute approximate surface area is 90.2 Å². The third-order valence-corrected chi connectivity index (χ3v) is 2.62. The summed E-state index contributed by atoms with van der Waals surface area (Å²) in [6.07, 6.45) is 0.975. The highest BCUT2D eigenvalue weighted by molar-refractivity contribution is 5.85. The molecule has 0 saturated carbocycles. The van der Waals surface area contributed by atoms with Crippen LogP contribution < -0.4 is 0 Å². The fourth-order valence-electron chi connectivity index (χ4n) is 1.29. The molecule has 1 fully saturated rings. The van der Waals surface area contributed by atoms with Crippen molar-refractivity contribution in [2.24, 2.45) is 5.41 Å². The summed E-state index contributed by atoms with van der Waals surface area (Å²) in [7, 11) is 0. The predicted molar refractivity (Wildman–Crippen MR) is 55.3 cm³/mol. The second kappa shape index (κ2) is 5.16. The van der Waals surface area contributed by atoms with Gasteiger partial charge in [-0.05, 0) is 19.9 Å². The first-order chi connectivity index (χ1) is 7.13. The number of ether oxygens (including phenoxy) is 3. The van der Waals surface area contributed by atoms with Gasteiger partial charge in [-0.15, -0.1) is 0 Å². The van der Waals surface area contributed by atoms with E-state index in [0.29, 0.717) is 26.4 Å². The molecule has 0 aromatic rings. The third kappa shape index (κ3) is 2.96. The van der Waals surface area contributed by atoms with E-state index in [1.807, 2.05) is 0 Å². The van der Waals surface area contributed by atoms with Gasteiger partial charge < -0.3 is 14.2 Å². The van der Waals surface area contributed by atoms with Gasteiger partial charge in [-0.1, -0.05) is 6.92 Å². The van der Waals surface area contributed by atoms with Gasteiger partial charge in [0.2, 0.25) is 0 Å². The van der Waals surface area contributed by atoms with Gasteiger partial charge in [-0.2, -0.15) is 0 Å². The molecule has 1 aliphatic rings. The molecule has 0 radical (unpaired) electrons. The van der Waals surface area contributed by atoms with Crippen LogP contribution in [0, 0.1) is 5.41 Å². The first-order valence-electron chi connectivity index (χ1n) is 5.20. The van der Waals surface area contributed by atoms with Crippen LogP contribution in [0.5, 0.6) is 0 Å². The second-order valence-electron chi connectivity index (χ2n) is 3.78. The van der Waals surface area contributed by atoms with Crippen LogP contribution in [0.4, 0.5) is 0 Å². The van der Waals surface area contributed by atoms with E-state index in [1.165, 1.54) is 0 Å². The Kier molecular flexibility index (Phi) is 4.15. The predicted octanol–water partition coefficient (Wildman–Crippen LogP) is 1.51. The summed E-state index contributed by atoms with van der Waals surface area (Å²) in [5, 5.41) is 0. The minimum absolute atomic E-state index is 0.0649. The van der Waals surface area contributed by atoms with Crippen molar-refractivity contribution in [2.75, 3.05) is 26.4 Å². The fourth-order valence-corrected chi connectivity index (χ4v) is 1.29. The fraction of sp³-hybridized carbons (Fsp3) is 0.727. The summed E-state index contributed by atoms with van der Waals surface area (Å²) in [5.41, 5.74) is 0.0649. The molecular weight excluding hydrogens is 196 g/mol. The molecule has 0 aromatic heterocycles. The largest absolute Gasteiger partial charge is 0.486 e. The Bertz CT molecular complexity index is 237. The van der Waals surface area contributed by atoms with E-state index in [9.17, 15) is 4.79 Å². The molecule has 0 aliphatic carbocycles. The number of carbonyl (C=O) groups excluding carboxylic acids is 1. The van der Waals surface area contributed by atoms with Crippen molar-refractivity contribution in [3.8, 4) is 0 Å². The molecule has 0 atom stereocenters. The van der Waals surface area contributed by atoms with Crippen molar-refractivity contribution < 1.29 is 19.0 Å². The maximum absolute atomic E-state index is 11.2. The van der Waals surface area contributed by atoms with Gasteiger partial charge in [0.15, 0.2) is 5.76 Å². The number of carbonyl (C=O) groups is 1. The molecule has 1 aliphatic heterocycles. The van der Waals surface area contributed by atoms with Crippen molar-refractivity contribution in [1.82, 2.24) is 0 Å². The lowest BCUT2D eigenvalue weighted by atomic mass is 9.84. The number of hydrogen-bond acceptors (Lipinski definition) is 4. The van der Waals surface area contributed by atoms with Crippen molar-refractivity contribution in [1.29, 1.82) is 0 Å². The van der Waals surface area contributed by atoms with Gasteiger partial charge in [-0.25, -0.2) is 4.79 Å². The normalized spacial score (nSPS) is 17.7.